The fourth-order valence-corrected chi connectivity index (χ4v) is 2.83. The monoisotopic (exact) mass is 297 g/mol. The largest absolute Gasteiger partial charge is 0.326 e. The quantitative estimate of drug-likeness (QED) is 0.749. The first-order valence-electron chi connectivity index (χ1n) is 6.64. The van der Waals surface area contributed by atoms with E-state index in [1.165, 1.54) is 6.92 Å². The molecule has 0 saturated heterocycles. The second-order valence-corrected chi connectivity index (χ2v) is 5.74. The summed E-state index contributed by atoms with van der Waals surface area (Å²) >= 11 is 1.73. The average molecular weight is 297 g/mol. The van der Waals surface area contributed by atoms with Gasteiger partial charge in [0, 0.05) is 35.7 Å². The van der Waals surface area contributed by atoms with Crippen LogP contribution < -0.4 is 5.32 Å². The molecule has 5 heteroatoms. The molecule has 0 radical (unpaired) electrons. The Hall–Kier alpha value is -2.27. The number of carbonyl (C=O) groups excluding carboxylic acids is 1. The number of carbonyl (C=O) groups is 1. The number of pyridine rings is 1. The molecule has 0 fully saturated rings. The number of anilines is 1. The highest BCUT2D eigenvalue weighted by Crippen LogP contribution is 2.24. The minimum absolute atomic E-state index is 0.0555. The molecule has 0 bridgehead atoms. The molecule has 2 heterocycles. The molecule has 106 valence electrons. The number of benzene rings is 1. The van der Waals surface area contributed by atoms with Gasteiger partial charge in [-0.1, -0.05) is 6.07 Å². The maximum Gasteiger partial charge on any atom is 0.221 e. The lowest BCUT2D eigenvalue weighted by Crippen LogP contribution is -2.05. The summed E-state index contributed by atoms with van der Waals surface area (Å²) in [5.41, 5.74) is 2.84. The molecule has 1 aromatic carbocycles. The SMILES string of the molecule is CC(=O)Nc1ccc(SCc2cn3ccccc3n2)cc1. The van der Waals surface area contributed by atoms with Crippen LogP contribution in [0, 0.1) is 0 Å². The number of fused-ring (bicyclic) bond motifs is 1. The molecule has 0 spiro atoms. The Kier molecular flexibility index (Phi) is 3.92. The van der Waals surface area contributed by atoms with Crippen LogP contribution in [0.15, 0.2) is 59.8 Å². The van der Waals surface area contributed by atoms with Crippen molar-refractivity contribution in [2.24, 2.45) is 0 Å². The molecular formula is C16H15N3OS. The summed E-state index contributed by atoms with van der Waals surface area (Å²) < 4.78 is 2.02. The first-order valence-corrected chi connectivity index (χ1v) is 7.62. The molecule has 0 unspecified atom stereocenters. The predicted octanol–water partition coefficient (Wildman–Crippen LogP) is 3.59. The summed E-state index contributed by atoms with van der Waals surface area (Å²) in [6.07, 6.45) is 4.05. The van der Waals surface area contributed by atoms with Crippen molar-refractivity contribution in [1.82, 2.24) is 9.38 Å². The number of amides is 1. The van der Waals surface area contributed by atoms with Gasteiger partial charge in [-0.3, -0.25) is 4.79 Å². The van der Waals surface area contributed by atoms with Gasteiger partial charge in [0.2, 0.25) is 5.91 Å². The molecule has 0 aliphatic heterocycles. The molecule has 3 rings (SSSR count). The molecule has 1 amide bonds. The topological polar surface area (TPSA) is 46.4 Å². The Bertz CT molecular complexity index is 732. The van der Waals surface area contributed by atoms with E-state index in [9.17, 15) is 4.79 Å². The number of hydrogen-bond donors (Lipinski definition) is 1. The van der Waals surface area contributed by atoms with Crippen molar-refractivity contribution in [2.75, 3.05) is 5.32 Å². The molecule has 0 aliphatic rings. The molecular weight excluding hydrogens is 282 g/mol. The summed E-state index contributed by atoms with van der Waals surface area (Å²) in [4.78, 5) is 16.7. The second kappa shape index (κ2) is 6.01. The predicted molar refractivity (Wildman–Crippen MR) is 85.5 cm³/mol. The molecule has 0 saturated carbocycles. The summed E-state index contributed by atoms with van der Waals surface area (Å²) in [5, 5.41) is 2.76. The Morgan fingerprint density at radius 1 is 1.24 bits per heavy atom. The van der Waals surface area contributed by atoms with E-state index in [1.807, 2.05) is 59.3 Å². The van der Waals surface area contributed by atoms with Crippen LogP contribution in [-0.2, 0) is 10.5 Å². The van der Waals surface area contributed by atoms with E-state index in [-0.39, 0.29) is 5.91 Å². The molecule has 3 aromatic rings. The third-order valence-electron chi connectivity index (χ3n) is 2.98. The number of hydrogen-bond acceptors (Lipinski definition) is 3. The van der Waals surface area contributed by atoms with Gasteiger partial charge in [-0.05, 0) is 36.4 Å². The summed E-state index contributed by atoms with van der Waals surface area (Å²) in [5.74, 6) is 0.765. The molecule has 1 N–H and O–H groups in total. The lowest BCUT2D eigenvalue weighted by molar-refractivity contribution is -0.114. The molecule has 0 atom stereocenters. The van der Waals surface area contributed by atoms with Gasteiger partial charge in [0.25, 0.3) is 0 Å². The molecule has 21 heavy (non-hydrogen) atoms. The van der Waals surface area contributed by atoms with Crippen molar-refractivity contribution in [3.63, 3.8) is 0 Å². The van der Waals surface area contributed by atoms with Gasteiger partial charge in [-0.15, -0.1) is 11.8 Å². The van der Waals surface area contributed by atoms with E-state index in [0.29, 0.717) is 0 Å². The Labute approximate surface area is 127 Å². The van der Waals surface area contributed by atoms with Crippen LogP contribution in [0.4, 0.5) is 5.69 Å². The number of aromatic nitrogens is 2. The number of imidazole rings is 1. The highest BCUT2D eigenvalue weighted by molar-refractivity contribution is 7.98. The average Bonchev–Trinajstić information content (AvgIpc) is 2.89. The lowest BCUT2D eigenvalue weighted by Gasteiger charge is -2.03. The van der Waals surface area contributed by atoms with E-state index < -0.39 is 0 Å². The highest BCUT2D eigenvalue weighted by Gasteiger charge is 2.02. The number of nitrogens with zero attached hydrogens (tertiary/aromatic N) is 2. The van der Waals surface area contributed by atoms with Crippen molar-refractivity contribution >= 4 is 29.0 Å². The fraction of sp³-hybridized carbons (Fsp3) is 0.125. The van der Waals surface area contributed by atoms with E-state index in [4.69, 9.17) is 0 Å². The van der Waals surface area contributed by atoms with E-state index >= 15 is 0 Å². The third kappa shape index (κ3) is 3.44. The number of nitrogens with one attached hydrogen (secondary N) is 1. The minimum atomic E-state index is -0.0555. The Balaban J connectivity index is 1.65. The number of rotatable bonds is 4. The lowest BCUT2D eigenvalue weighted by atomic mass is 10.3. The normalized spacial score (nSPS) is 10.7. The summed E-state index contributed by atoms with van der Waals surface area (Å²) in [6, 6.07) is 13.8. The standard InChI is InChI=1S/C16H15N3OS/c1-12(20)17-13-5-7-15(8-6-13)21-11-14-10-19-9-3-2-4-16(19)18-14/h2-10H,11H2,1H3,(H,17,20). The maximum atomic E-state index is 11.0. The van der Waals surface area contributed by atoms with E-state index in [0.717, 1.165) is 27.7 Å². The van der Waals surface area contributed by atoms with Crippen molar-refractivity contribution in [2.45, 2.75) is 17.6 Å². The van der Waals surface area contributed by atoms with Gasteiger partial charge in [-0.25, -0.2) is 4.98 Å². The zero-order chi connectivity index (χ0) is 14.7. The zero-order valence-corrected chi connectivity index (χ0v) is 12.4. The minimum Gasteiger partial charge on any atom is -0.326 e. The maximum absolute atomic E-state index is 11.0. The van der Waals surface area contributed by atoms with Gasteiger partial charge in [-0.2, -0.15) is 0 Å². The van der Waals surface area contributed by atoms with Crippen LogP contribution in [0.25, 0.3) is 5.65 Å². The van der Waals surface area contributed by atoms with Gasteiger partial charge < -0.3 is 9.72 Å². The van der Waals surface area contributed by atoms with Crippen molar-refractivity contribution < 1.29 is 4.79 Å². The van der Waals surface area contributed by atoms with Crippen LogP contribution in [0.5, 0.6) is 0 Å². The van der Waals surface area contributed by atoms with Gasteiger partial charge in [0.05, 0.1) is 5.69 Å². The van der Waals surface area contributed by atoms with E-state index in [2.05, 4.69) is 10.3 Å². The first-order chi connectivity index (χ1) is 10.2. The molecule has 4 nitrogen and oxygen atoms in total. The van der Waals surface area contributed by atoms with Crippen molar-refractivity contribution in [1.29, 1.82) is 0 Å². The van der Waals surface area contributed by atoms with Crippen molar-refractivity contribution in [3.05, 3.63) is 60.6 Å². The Morgan fingerprint density at radius 2 is 2.05 bits per heavy atom. The van der Waals surface area contributed by atoms with Crippen molar-refractivity contribution in [3.8, 4) is 0 Å². The zero-order valence-electron chi connectivity index (χ0n) is 11.6. The van der Waals surface area contributed by atoms with Crippen LogP contribution in [0.3, 0.4) is 0 Å². The highest BCUT2D eigenvalue weighted by atomic mass is 32.2. The van der Waals surface area contributed by atoms with Gasteiger partial charge >= 0.3 is 0 Å². The first kappa shape index (κ1) is 13.7. The van der Waals surface area contributed by atoms with Gasteiger partial charge in [0.15, 0.2) is 0 Å². The van der Waals surface area contributed by atoms with Crippen LogP contribution >= 0.6 is 11.8 Å². The van der Waals surface area contributed by atoms with Gasteiger partial charge in [0.1, 0.15) is 5.65 Å². The smallest absolute Gasteiger partial charge is 0.221 e. The van der Waals surface area contributed by atoms with Crippen LogP contribution in [-0.4, -0.2) is 15.3 Å². The third-order valence-corrected chi connectivity index (χ3v) is 4.02. The van der Waals surface area contributed by atoms with Crippen LogP contribution in [0.2, 0.25) is 0 Å². The molecule has 2 aromatic heterocycles. The van der Waals surface area contributed by atoms with Crippen LogP contribution in [0.1, 0.15) is 12.6 Å². The summed E-state index contributed by atoms with van der Waals surface area (Å²) in [6.45, 7) is 1.51. The molecule has 0 aliphatic carbocycles. The Morgan fingerprint density at radius 3 is 2.76 bits per heavy atom. The fourth-order valence-electron chi connectivity index (χ4n) is 2.05. The van der Waals surface area contributed by atoms with E-state index in [1.54, 1.807) is 11.8 Å². The number of thioether (sulfide) groups is 1. The second-order valence-electron chi connectivity index (χ2n) is 4.69. The summed E-state index contributed by atoms with van der Waals surface area (Å²) in [7, 11) is 0.